The lowest BCUT2D eigenvalue weighted by molar-refractivity contribution is -0.115. The van der Waals surface area contributed by atoms with Gasteiger partial charge < -0.3 is 5.32 Å². The molecule has 1 amide bonds. The van der Waals surface area contributed by atoms with E-state index in [0.29, 0.717) is 5.16 Å². The number of aromatic nitrogens is 3. The SMILES string of the molecule is C[C@@H](Sc1nnc2ccccn12)C(=O)Nc1ccccc1-c1ccccc1. The molecule has 0 bridgehead atoms. The van der Waals surface area contributed by atoms with Gasteiger partial charge in [0.05, 0.1) is 5.25 Å². The van der Waals surface area contributed by atoms with E-state index in [1.165, 1.54) is 11.8 Å². The number of amides is 1. The van der Waals surface area contributed by atoms with Crippen molar-refractivity contribution >= 4 is 29.0 Å². The number of para-hydroxylation sites is 1. The summed E-state index contributed by atoms with van der Waals surface area (Å²) in [6.45, 7) is 1.87. The van der Waals surface area contributed by atoms with Crippen molar-refractivity contribution in [1.29, 1.82) is 0 Å². The standard InChI is InChI=1S/C21H18N4OS/c1-15(27-21-24-23-19-13-7-8-14-25(19)21)20(26)22-18-12-6-5-11-17(18)16-9-3-2-4-10-16/h2-15H,1H3,(H,22,26)/t15-/m1/s1. The summed E-state index contributed by atoms with van der Waals surface area (Å²) in [6, 6.07) is 23.6. The van der Waals surface area contributed by atoms with Crippen LogP contribution in [-0.4, -0.2) is 25.8 Å². The van der Waals surface area contributed by atoms with Gasteiger partial charge in [-0.05, 0) is 30.7 Å². The molecule has 6 heteroatoms. The molecule has 0 aliphatic rings. The second-order valence-corrected chi connectivity index (χ2v) is 7.38. The number of pyridine rings is 1. The number of anilines is 1. The van der Waals surface area contributed by atoms with Crippen LogP contribution in [0.4, 0.5) is 5.69 Å². The third kappa shape index (κ3) is 3.71. The van der Waals surface area contributed by atoms with Crippen LogP contribution in [0.15, 0.2) is 84.1 Å². The summed E-state index contributed by atoms with van der Waals surface area (Å²) in [7, 11) is 0. The van der Waals surface area contributed by atoms with Gasteiger partial charge in [0.2, 0.25) is 5.91 Å². The summed E-state index contributed by atoms with van der Waals surface area (Å²) in [5.41, 5.74) is 3.63. The molecule has 2 aromatic heterocycles. The van der Waals surface area contributed by atoms with Gasteiger partial charge in [-0.2, -0.15) is 0 Å². The highest BCUT2D eigenvalue weighted by atomic mass is 32.2. The largest absolute Gasteiger partial charge is 0.325 e. The number of nitrogens with zero attached hydrogens (tertiary/aromatic N) is 3. The monoisotopic (exact) mass is 374 g/mol. The molecule has 0 aliphatic heterocycles. The lowest BCUT2D eigenvalue weighted by Gasteiger charge is -2.14. The molecule has 134 valence electrons. The molecule has 0 aliphatic carbocycles. The van der Waals surface area contributed by atoms with E-state index < -0.39 is 0 Å². The molecule has 0 saturated carbocycles. The number of benzene rings is 2. The minimum absolute atomic E-state index is 0.0731. The Morgan fingerprint density at radius 2 is 1.70 bits per heavy atom. The van der Waals surface area contributed by atoms with E-state index in [4.69, 9.17) is 0 Å². The number of thioether (sulfide) groups is 1. The third-order valence-electron chi connectivity index (χ3n) is 4.20. The molecule has 5 nitrogen and oxygen atoms in total. The van der Waals surface area contributed by atoms with Gasteiger partial charge in [-0.15, -0.1) is 10.2 Å². The molecule has 2 heterocycles. The van der Waals surface area contributed by atoms with Crippen LogP contribution in [0.3, 0.4) is 0 Å². The third-order valence-corrected chi connectivity index (χ3v) is 5.26. The van der Waals surface area contributed by atoms with Crippen molar-refractivity contribution in [3.8, 4) is 11.1 Å². The van der Waals surface area contributed by atoms with Crippen molar-refractivity contribution in [3.63, 3.8) is 0 Å². The normalized spacial score (nSPS) is 12.0. The lowest BCUT2D eigenvalue weighted by atomic mass is 10.0. The fourth-order valence-corrected chi connectivity index (χ4v) is 3.65. The maximum atomic E-state index is 12.8. The van der Waals surface area contributed by atoms with Gasteiger partial charge in [0.1, 0.15) is 0 Å². The first-order valence-electron chi connectivity index (χ1n) is 8.64. The van der Waals surface area contributed by atoms with Crippen molar-refractivity contribution in [2.24, 2.45) is 0 Å². The topological polar surface area (TPSA) is 59.3 Å². The lowest BCUT2D eigenvalue weighted by Crippen LogP contribution is -2.23. The molecule has 0 fully saturated rings. The van der Waals surface area contributed by atoms with Gasteiger partial charge in [-0.1, -0.05) is 66.4 Å². The van der Waals surface area contributed by atoms with Crippen LogP contribution < -0.4 is 5.32 Å². The molecule has 0 unspecified atom stereocenters. The Hall–Kier alpha value is -3.12. The summed E-state index contributed by atoms with van der Waals surface area (Å²) in [5.74, 6) is -0.0731. The van der Waals surface area contributed by atoms with Crippen LogP contribution in [-0.2, 0) is 4.79 Å². The van der Waals surface area contributed by atoms with Gasteiger partial charge >= 0.3 is 0 Å². The zero-order chi connectivity index (χ0) is 18.6. The molecule has 0 saturated heterocycles. The second-order valence-electron chi connectivity index (χ2n) is 6.07. The van der Waals surface area contributed by atoms with Crippen LogP contribution in [0.25, 0.3) is 16.8 Å². The average molecular weight is 374 g/mol. The number of fused-ring (bicyclic) bond motifs is 1. The number of hydrogen-bond acceptors (Lipinski definition) is 4. The fourth-order valence-electron chi connectivity index (χ4n) is 2.81. The number of nitrogens with one attached hydrogen (secondary N) is 1. The van der Waals surface area contributed by atoms with Crippen LogP contribution in [0.5, 0.6) is 0 Å². The van der Waals surface area contributed by atoms with E-state index in [1.54, 1.807) is 0 Å². The fraction of sp³-hybridized carbons (Fsp3) is 0.0952. The van der Waals surface area contributed by atoms with Gasteiger partial charge in [0, 0.05) is 17.4 Å². The van der Waals surface area contributed by atoms with Gasteiger partial charge in [0.15, 0.2) is 10.8 Å². The van der Waals surface area contributed by atoms with E-state index in [-0.39, 0.29) is 11.2 Å². The number of carbonyl (C=O) groups excluding carboxylic acids is 1. The molecule has 1 N–H and O–H groups in total. The maximum Gasteiger partial charge on any atom is 0.237 e. The average Bonchev–Trinajstić information content (AvgIpc) is 3.12. The molecule has 4 aromatic rings. The van der Waals surface area contributed by atoms with Crippen molar-refractivity contribution < 1.29 is 4.79 Å². The molecule has 0 radical (unpaired) electrons. The highest BCUT2D eigenvalue weighted by Gasteiger charge is 2.19. The van der Waals surface area contributed by atoms with Gasteiger partial charge in [-0.25, -0.2) is 0 Å². The highest BCUT2D eigenvalue weighted by molar-refractivity contribution is 8.00. The Balaban J connectivity index is 1.53. The smallest absolute Gasteiger partial charge is 0.237 e. The molecule has 1 atom stereocenters. The number of rotatable bonds is 5. The number of carbonyl (C=O) groups is 1. The molecule has 0 spiro atoms. The van der Waals surface area contributed by atoms with E-state index in [1.807, 2.05) is 90.3 Å². The first-order chi connectivity index (χ1) is 13.2. The Bertz CT molecular complexity index is 1080. The minimum atomic E-state index is -0.318. The molecular formula is C21H18N4OS. The Morgan fingerprint density at radius 1 is 0.963 bits per heavy atom. The Morgan fingerprint density at radius 3 is 2.56 bits per heavy atom. The Kier molecular flexibility index (Phi) is 4.89. The van der Waals surface area contributed by atoms with E-state index >= 15 is 0 Å². The minimum Gasteiger partial charge on any atom is -0.325 e. The van der Waals surface area contributed by atoms with E-state index in [0.717, 1.165) is 22.5 Å². The van der Waals surface area contributed by atoms with Crippen molar-refractivity contribution in [1.82, 2.24) is 14.6 Å². The van der Waals surface area contributed by atoms with Crippen molar-refractivity contribution in [3.05, 3.63) is 79.0 Å². The molecule has 27 heavy (non-hydrogen) atoms. The van der Waals surface area contributed by atoms with Crippen LogP contribution >= 0.6 is 11.8 Å². The number of hydrogen-bond donors (Lipinski definition) is 1. The zero-order valence-corrected chi connectivity index (χ0v) is 15.6. The second kappa shape index (κ2) is 7.63. The van der Waals surface area contributed by atoms with E-state index in [9.17, 15) is 4.79 Å². The van der Waals surface area contributed by atoms with Crippen LogP contribution in [0, 0.1) is 0 Å². The predicted octanol–water partition coefficient (Wildman–Crippen LogP) is 4.52. The van der Waals surface area contributed by atoms with Crippen molar-refractivity contribution in [2.75, 3.05) is 5.32 Å². The van der Waals surface area contributed by atoms with Gasteiger partial charge in [0.25, 0.3) is 0 Å². The van der Waals surface area contributed by atoms with Crippen LogP contribution in [0.1, 0.15) is 6.92 Å². The first kappa shape index (κ1) is 17.3. The summed E-state index contributed by atoms with van der Waals surface area (Å²) in [6.07, 6.45) is 1.90. The van der Waals surface area contributed by atoms with Crippen LogP contribution in [0.2, 0.25) is 0 Å². The Labute approximate surface area is 161 Å². The quantitative estimate of drug-likeness (QED) is 0.522. The van der Waals surface area contributed by atoms with E-state index in [2.05, 4.69) is 15.5 Å². The molecular weight excluding hydrogens is 356 g/mol. The molecule has 2 aromatic carbocycles. The summed E-state index contributed by atoms with van der Waals surface area (Å²) in [4.78, 5) is 12.8. The summed E-state index contributed by atoms with van der Waals surface area (Å²) in [5, 5.41) is 11.7. The summed E-state index contributed by atoms with van der Waals surface area (Å²) < 4.78 is 1.88. The highest BCUT2D eigenvalue weighted by Crippen LogP contribution is 2.29. The first-order valence-corrected chi connectivity index (χ1v) is 9.52. The summed E-state index contributed by atoms with van der Waals surface area (Å²) >= 11 is 1.39. The molecule has 4 rings (SSSR count). The van der Waals surface area contributed by atoms with Crippen molar-refractivity contribution in [2.45, 2.75) is 17.3 Å². The maximum absolute atomic E-state index is 12.8. The van der Waals surface area contributed by atoms with Gasteiger partial charge in [-0.3, -0.25) is 9.20 Å². The zero-order valence-electron chi connectivity index (χ0n) is 14.7. The predicted molar refractivity (Wildman–Crippen MR) is 109 cm³/mol.